The minimum Gasteiger partial charge on any atom is -0.350 e. The Hall–Kier alpha value is -4.30. The third kappa shape index (κ3) is 8.09. The van der Waals surface area contributed by atoms with Crippen molar-refractivity contribution in [2.24, 2.45) is 5.73 Å². The molecule has 1 atom stereocenters. The normalized spacial score (nSPS) is 11.8. The molecule has 39 heavy (non-hydrogen) atoms. The molecule has 0 saturated heterocycles. The van der Waals surface area contributed by atoms with E-state index < -0.39 is 12.0 Å². The number of nitrogens with two attached hydrogens (primary N) is 1. The summed E-state index contributed by atoms with van der Waals surface area (Å²) in [5.74, 6) is 0.283. The number of rotatable bonds is 13. The van der Waals surface area contributed by atoms with E-state index in [-0.39, 0.29) is 11.8 Å². The van der Waals surface area contributed by atoms with E-state index in [9.17, 15) is 9.59 Å². The Kier molecular flexibility index (Phi) is 9.97. The van der Waals surface area contributed by atoms with Crippen LogP contribution in [0.15, 0.2) is 89.5 Å². The summed E-state index contributed by atoms with van der Waals surface area (Å²) in [6, 6.07) is 26.6. The van der Waals surface area contributed by atoms with Gasteiger partial charge in [0.1, 0.15) is 6.04 Å². The highest BCUT2D eigenvalue weighted by Crippen LogP contribution is 2.25. The van der Waals surface area contributed by atoms with Crippen LogP contribution in [0.25, 0.3) is 0 Å². The molecular weight excluding hydrogens is 490 g/mol. The summed E-state index contributed by atoms with van der Waals surface area (Å²) in [6.45, 7) is 2.59. The molecule has 0 saturated carbocycles. The fraction of sp³-hybridized carbons (Fsp3) is 0.290. The lowest BCUT2D eigenvalue weighted by Crippen LogP contribution is -2.48. The van der Waals surface area contributed by atoms with Gasteiger partial charge in [0.05, 0.1) is 5.92 Å². The summed E-state index contributed by atoms with van der Waals surface area (Å²) >= 11 is 0. The summed E-state index contributed by atoms with van der Waals surface area (Å²) in [6.07, 6.45) is 2.53. The topological polar surface area (TPSA) is 123 Å². The van der Waals surface area contributed by atoms with Gasteiger partial charge in [0, 0.05) is 13.0 Å². The fourth-order valence-electron chi connectivity index (χ4n) is 4.46. The number of carbonyl (C=O) groups excluding carboxylic acids is 2. The minimum absolute atomic E-state index is 0.217. The summed E-state index contributed by atoms with van der Waals surface area (Å²) in [5.41, 5.74) is 9.58. The zero-order chi connectivity index (χ0) is 27.5. The lowest BCUT2D eigenvalue weighted by molar-refractivity contribution is -0.129. The maximum absolute atomic E-state index is 13.6. The number of aryl methyl sites for hydroxylation is 3. The summed E-state index contributed by atoms with van der Waals surface area (Å²) < 4.78 is 5.17. The van der Waals surface area contributed by atoms with Crippen LogP contribution in [0, 0.1) is 6.92 Å². The highest BCUT2D eigenvalue weighted by molar-refractivity contribution is 5.92. The molecular formula is C31H35N5O3. The van der Waals surface area contributed by atoms with Crippen molar-refractivity contribution in [1.82, 2.24) is 20.8 Å². The lowest BCUT2D eigenvalue weighted by Gasteiger charge is -2.23. The van der Waals surface area contributed by atoms with E-state index in [2.05, 4.69) is 20.8 Å². The Balaban J connectivity index is 1.38. The van der Waals surface area contributed by atoms with Crippen LogP contribution in [0.5, 0.6) is 0 Å². The first-order valence-electron chi connectivity index (χ1n) is 13.3. The summed E-state index contributed by atoms with van der Waals surface area (Å²) in [5, 5.41) is 9.80. The lowest BCUT2D eigenvalue weighted by atomic mass is 9.90. The van der Waals surface area contributed by atoms with Crippen molar-refractivity contribution in [3.63, 3.8) is 0 Å². The van der Waals surface area contributed by atoms with E-state index in [0.717, 1.165) is 28.7 Å². The number of carbonyl (C=O) groups is 2. The third-order valence-electron chi connectivity index (χ3n) is 6.54. The van der Waals surface area contributed by atoms with Gasteiger partial charge in [-0.25, -0.2) is 0 Å². The summed E-state index contributed by atoms with van der Waals surface area (Å²) in [4.78, 5) is 31.0. The monoisotopic (exact) mass is 525 g/mol. The van der Waals surface area contributed by atoms with Crippen LogP contribution >= 0.6 is 0 Å². The molecule has 4 rings (SSSR count). The average molecular weight is 526 g/mol. The predicted molar refractivity (Wildman–Crippen MR) is 150 cm³/mol. The zero-order valence-corrected chi connectivity index (χ0v) is 22.2. The van der Waals surface area contributed by atoms with Crippen LogP contribution in [0.3, 0.4) is 0 Å². The predicted octanol–water partition coefficient (Wildman–Crippen LogP) is 3.84. The largest absolute Gasteiger partial charge is 0.350 e. The highest BCUT2D eigenvalue weighted by atomic mass is 16.5. The Labute approximate surface area is 229 Å². The molecule has 0 bridgehead atoms. The zero-order valence-electron chi connectivity index (χ0n) is 22.2. The quantitative estimate of drug-likeness (QED) is 0.244. The minimum atomic E-state index is -0.687. The van der Waals surface area contributed by atoms with Crippen LogP contribution in [0.1, 0.15) is 52.7 Å². The molecule has 1 heterocycles. The van der Waals surface area contributed by atoms with Crippen LogP contribution in [-0.4, -0.2) is 34.5 Å². The molecule has 8 nitrogen and oxygen atoms in total. The number of aromatic nitrogens is 2. The van der Waals surface area contributed by atoms with E-state index in [0.29, 0.717) is 44.1 Å². The Bertz CT molecular complexity index is 1280. The fourth-order valence-corrected chi connectivity index (χ4v) is 4.46. The maximum Gasteiger partial charge on any atom is 0.242 e. The molecule has 4 N–H and O–H groups in total. The molecule has 202 valence electrons. The first-order valence-corrected chi connectivity index (χ1v) is 13.3. The van der Waals surface area contributed by atoms with Crippen LogP contribution in [0.2, 0.25) is 0 Å². The van der Waals surface area contributed by atoms with Gasteiger partial charge >= 0.3 is 0 Å². The first kappa shape index (κ1) is 27.7. The molecule has 0 aliphatic rings. The smallest absolute Gasteiger partial charge is 0.242 e. The Morgan fingerprint density at radius 1 is 0.846 bits per heavy atom. The second-order valence-electron chi connectivity index (χ2n) is 9.52. The molecule has 0 aliphatic heterocycles. The molecule has 8 heteroatoms. The van der Waals surface area contributed by atoms with Crippen molar-refractivity contribution >= 4 is 11.8 Å². The van der Waals surface area contributed by atoms with E-state index in [1.54, 1.807) is 6.92 Å². The van der Waals surface area contributed by atoms with E-state index >= 15 is 0 Å². The second-order valence-corrected chi connectivity index (χ2v) is 9.52. The Morgan fingerprint density at radius 2 is 1.46 bits per heavy atom. The molecule has 1 aromatic heterocycles. The molecule has 0 spiro atoms. The molecule has 2 amide bonds. The molecule has 0 unspecified atom stereocenters. The number of hydrogen-bond acceptors (Lipinski definition) is 6. The third-order valence-corrected chi connectivity index (χ3v) is 6.54. The van der Waals surface area contributed by atoms with E-state index in [1.807, 2.05) is 84.9 Å². The van der Waals surface area contributed by atoms with Gasteiger partial charge in [-0.15, -0.1) is 0 Å². The van der Waals surface area contributed by atoms with Crippen molar-refractivity contribution in [2.75, 3.05) is 6.54 Å². The van der Waals surface area contributed by atoms with Crippen molar-refractivity contribution in [3.05, 3.63) is 119 Å². The van der Waals surface area contributed by atoms with E-state index in [1.165, 1.54) is 0 Å². The average Bonchev–Trinajstić information content (AvgIpc) is 3.39. The molecule has 4 aromatic rings. The second kappa shape index (κ2) is 14.0. The number of nitrogens with zero attached hydrogens (tertiary/aromatic N) is 2. The maximum atomic E-state index is 13.6. The number of hydrogen-bond donors (Lipinski definition) is 3. The van der Waals surface area contributed by atoms with Crippen LogP contribution in [0.4, 0.5) is 0 Å². The molecule has 3 aromatic carbocycles. The number of benzene rings is 3. The molecule has 0 aliphatic carbocycles. The standard InChI is InChI=1S/C31H35N5O3/c1-22-34-28(39-36-22)19-18-23-14-16-24(17-15-23)21-33-30(37)27(13-8-20-32)35-31(38)29(25-9-4-2-5-10-25)26-11-6-3-7-12-26/h2-7,9-12,14-17,27,29H,8,13,18-21,32H2,1H3,(H,33,37)(H,35,38)/t27-/m0/s1. The SMILES string of the molecule is Cc1noc(CCc2ccc(CNC(=O)[C@H](CCCN)NC(=O)C(c3ccccc3)c3ccccc3)cc2)n1. The van der Waals surface area contributed by atoms with Crippen LogP contribution < -0.4 is 16.4 Å². The van der Waals surface area contributed by atoms with Gasteiger partial charge in [-0.3, -0.25) is 9.59 Å². The molecule has 0 fully saturated rings. The highest BCUT2D eigenvalue weighted by Gasteiger charge is 2.27. The van der Waals surface area contributed by atoms with Crippen molar-refractivity contribution in [2.45, 2.75) is 51.1 Å². The van der Waals surface area contributed by atoms with Gasteiger partial charge in [0.15, 0.2) is 5.82 Å². The molecule has 0 radical (unpaired) electrons. The van der Waals surface area contributed by atoms with Gasteiger partial charge < -0.3 is 20.9 Å². The Morgan fingerprint density at radius 3 is 2.03 bits per heavy atom. The van der Waals surface area contributed by atoms with Crippen molar-refractivity contribution in [1.29, 1.82) is 0 Å². The first-order chi connectivity index (χ1) is 19.0. The van der Waals surface area contributed by atoms with E-state index in [4.69, 9.17) is 10.3 Å². The van der Waals surface area contributed by atoms with Gasteiger partial charge in [-0.1, -0.05) is 90.1 Å². The summed E-state index contributed by atoms with van der Waals surface area (Å²) in [7, 11) is 0. The number of amides is 2. The number of nitrogens with one attached hydrogen (secondary N) is 2. The van der Waals surface area contributed by atoms with Gasteiger partial charge in [-0.05, 0) is 55.0 Å². The van der Waals surface area contributed by atoms with Gasteiger partial charge in [-0.2, -0.15) is 4.98 Å². The van der Waals surface area contributed by atoms with Gasteiger partial charge in [0.25, 0.3) is 0 Å². The van der Waals surface area contributed by atoms with Gasteiger partial charge in [0.2, 0.25) is 17.7 Å². The van der Waals surface area contributed by atoms with Crippen molar-refractivity contribution < 1.29 is 14.1 Å². The van der Waals surface area contributed by atoms with Crippen LogP contribution in [-0.2, 0) is 29.0 Å². The van der Waals surface area contributed by atoms with Crippen molar-refractivity contribution in [3.8, 4) is 0 Å².